The van der Waals surface area contributed by atoms with Gasteiger partial charge in [-0.2, -0.15) is 0 Å². The quantitative estimate of drug-likeness (QED) is 0.302. The molecule has 266 valence electrons. The van der Waals surface area contributed by atoms with Gasteiger partial charge in [0.15, 0.2) is 5.60 Å². The third kappa shape index (κ3) is 8.37. The monoisotopic (exact) mass is 676 g/mol. The van der Waals surface area contributed by atoms with Crippen LogP contribution in [0.3, 0.4) is 0 Å². The first-order chi connectivity index (χ1) is 23.1. The molecule has 11 heteroatoms. The van der Waals surface area contributed by atoms with E-state index < -0.39 is 29.1 Å². The fraction of sp³-hybridized carbons (Fsp3) is 0.579. The average Bonchev–Trinajstić information content (AvgIpc) is 3.87. The molecule has 0 unspecified atom stereocenters. The Morgan fingerprint density at radius 3 is 2.43 bits per heavy atom. The normalized spacial score (nSPS) is 20.3. The number of nitrogens with zero attached hydrogens (tertiary/aromatic N) is 3. The number of nitrogens with one attached hydrogen (secondary N) is 1. The lowest BCUT2D eigenvalue weighted by atomic mass is 9.87. The molecule has 1 N–H and O–H groups in total. The largest absolute Gasteiger partial charge is 0.476 e. The number of amides is 4. The van der Waals surface area contributed by atoms with Gasteiger partial charge in [0.25, 0.3) is 5.91 Å². The van der Waals surface area contributed by atoms with Crippen LogP contribution in [0, 0.1) is 18.8 Å². The van der Waals surface area contributed by atoms with E-state index in [2.05, 4.69) is 5.32 Å². The van der Waals surface area contributed by atoms with Crippen molar-refractivity contribution in [3.8, 4) is 5.75 Å². The topological polar surface area (TPSA) is 118 Å². The minimum Gasteiger partial charge on any atom is -0.476 e. The van der Waals surface area contributed by atoms with Gasteiger partial charge < -0.3 is 34.2 Å². The molecule has 49 heavy (non-hydrogen) atoms. The standard InChI is InChI=1S/C38H52N4O7/c1-9-25-12-11-24(2)19-30(25)39-33(43)26-20-27(23-40(22-26)36(46)49-37(3,4)5)34(44)42(28-13-14-28)29-15-16-32-31(21-29)41(17-10-18-47-8)35(45)38(6,7)48-32/h11-12,15-16,19,21,26-28H,9-10,13-14,17-18,20,22-23H2,1-8H3,(H,39,43)/t26-,27+/m0/s1. The van der Waals surface area contributed by atoms with Crippen LogP contribution < -0.4 is 19.9 Å². The number of fused-ring (bicyclic) bond motifs is 1. The van der Waals surface area contributed by atoms with Crippen LogP contribution >= 0.6 is 0 Å². The van der Waals surface area contributed by atoms with Crippen molar-refractivity contribution in [3.05, 3.63) is 47.5 Å². The maximum absolute atomic E-state index is 14.6. The van der Waals surface area contributed by atoms with E-state index in [4.69, 9.17) is 14.2 Å². The van der Waals surface area contributed by atoms with Gasteiger partial charge in [0.2, 0.25) is 11.8 Å². The lowest BCUT2D eigenvalue weighted by Gasteiger charge is -2.40. The Hall–Kier alpha value is -4.12. The number of hydrogen-bond acceptors (Lipinski definition) is 7. The molecular formula is C38H52N4O7. The van der Waals surface area contributed by atoms with E-state index in [0.29, 0.717) is 36.7 Å². The Balaban J connectivity index is 1.45. The summed E-state index contributed by atoms with van der Waals surface area (Å²) >= 11 is 0. The van der Waals surface area contributed by atoms with Crippen molar-refractivity contribution in [3.63, 3.8) is 0 Å². The van der Waals surface area contributed by atoms with Gasteiger partial charge in [-0.1, -0.05) is 19.1 Å². The number of carbonyl (C=O) groups is 4. The smallest absolute Gasteiger partial charge is 0.410 e. The van der Waals surface area contributed by atoms with Gasteiger partial charge in [-0.25, -0.2) is 4.79 Å². The van der Waals surface area contributed by atoms with Crippen LogP contribution in [-0.4, -0.2) is 79.3 Å². The van der Waals surface area contributed by atoms with Crippen molar-refractivity contribution in [1.29, 1.82) is 0 Å². The van der Waals surface area contributed by atoms with E-state index in [-0.39, 0.29) is 43.3 Å². The Labute approximate surface area is 290 Å². The first-order valence-electron chi connectivity index (χ1n) is 17.5. The van der Waals surface area contributed by atoms with Gasteiger partial charge in [-0.05, 0) is 109 Å². The Bertz CT molecular complexity index is 1580. The van der Waals surface area contributed by atoms with Crippen LogP contribution in [0.2, 0.25) is 0 Å². The number of piperidine rings is 1. The van der Waals surface area contributed by atoms with Gasteiger partial charge in [0, 0.05) is 50.8 Å². The Morgan fingerprint density at radius 2 is 1.78 bits per heavy atom. The molecule has 1 aliphatic carbocycles. The summed E-state index contributed by atoms with van der Waals surface area (Å²) in [5.41, 5.74) is 2.27. The minimum absolute atomic E-state index is 0.0206. The molecule has 5 rings (SSSR count). The summed E-state index contributed by atoms with van der Waals surface area (Å²) < 4.78 is 17.1. The molecule has 3 aliphatic rings. The lowest BCUT2D eigenvalue weighted by Crippen LogP contribution is -2.53. The molecule has 0 spiro atoms. The number of methoxy groups -OCH3 is 1. The molecule has 1 saturated carbocycles. The molecule has 0 radical (unpaired) electrons. The van der Waals surface area contributed by atoms with E-state index in [9.17, 15) is 19.2 Å². The van der Waals surface area contributed by atoms with E-state index in [0.717, 1.165) is 36.1 Å². The second-order valence-corrected chi connectivity index (χ2v) is 15.0. The van der Waals surface area contributed by atoms with Crippen molar-refractivity contribution >= 4 is 40.9 Å². The van der Waals surface area contributed by atoms with Gasteiger partial charge in [0.05, 0.1) is 17.5 Å². The molecule has 0 aromatic heterocycles. The molecule has 2 heterocycles. The highest BCUT2D eigenvalue weighted by molar-refractivity contribution is 6.04. The van der Waals surface area contributed by atoms with Crippen LogP contribution in [0.1, 0.15) is 78.4 Å². The lowest BCUT2D eigenvalue weighted by molar-refractivity contribution is -0.132. The molecule has 2 aromatic rings. The number of rotatable bonds is 10. The van der Waals surface area contributed by atoms with Crippen LogP contribution in [-0.2, 0) is 30.3 Å². The zero-order valence-electron chi connectivity index (χ0n) is 30.3. The van der Waals surface area contributed by atoms with Gasteiger partial charge in [0.1, 0.15) is 11.4 Å². The molecule has 2 aliphatic heterocycles. The zero-order valence-corrected chi connectivity index (χ0v) is 30.3. The van der Waals surface area contributed by atoms with Crippen LogP contribution in [0.5, 0.6) is 5.75 Å². The molecule has 11 nitrogen and oxygen atoms in total. The van der Waals surface area contributed by atoms with Crippen molar-refractivity contribution in [1.82, 2.24) is 4.90 Å². The summed E-state index contributed by atoms with van der Waals surface area (Å²) in [6.07, 6.45) is 2.79. The maximum Gasteiger partial charge on any atom is 0.410 e. The predicted octanol–water partition coefficient (Wildman–Crippen LogP) is 6.11. The number of anilines is 3. The molecule has 4 amide bonds. The summed E-state index contributed by atoms with van der Waals surface area (Å²) in [5.74, 6) is -1.26. The fourth-order valence-corrected chi connectivity index (χ4v) is 6.64. The molecule has 2 atom stereocenters. The third-order valence-corrected chi connectivity index (χ3v) is 9.24. The highest BCUT2D eigenvalue weighted by Gasteiger charge is 2.45. The number of aryl methyl sites for hydroxylation is 2. The van der Waals surface area contributed by atoms with Crippen LogP contribution in [0.15, 0.2) is 36.4 Å². The predicted molar refractivity (Wildman–Crippen MR) is 189 cm³/mol. The van der Waals surface area contributed by atoms with E-state index in [1.54, 1.807) is 51.5 Å². The Morgan fingerprint density at radius 1 is 1.06 bits per heavy atom. The van der Waals surface area contributed by atoms with Crippen molar-refractivity contribution in [2.24, 2.45) is 11.8 Å². The average molecular weight is 677 g/mol. The molecule has 2 aromatic carbocycles. The number of hydrogen-bond donors (Lipinski definition) is 1. The number of carbonyl (C=O) groups excluding carboxylic acids is 4. The number of likely N-dealkylation sites (tertiary alicyclic amines) is 1. The second kappa shape index (κ2) is 14.4. The highest BCUT2D eigenvalue weighted by Crippen LogP contribution is 2.43. The first kappa shape index (κ1) is 36.2. The van der Waals surface area contributed by atoms with Gasteiger partial charge in [-0.15, -0.1) is 0 Å². The van der Waals surface area contributed by atoms with Crippen molar-refractivity contribution in [2.75, 3.05) is 48.5 Å². The van der Waals surface area contributed by atoms with E-state index in [1.165, 1.54) is 4.90 Å². The van der Waals surface area contributed by atoms with Crippen LogP contribution in [0.25, 0.3) is 0 Å². The van der Waals surface area contributed by atoms with E-state index >= 15 is 0 Å². The molecular weight excluding hydrogens is 624 g/mol. The third-order valence-electron chi connectivity index (χ3n) is 9.24. The molecule has 1 saturated heterocycles. The number of benzene rings is 2. The molecule has 2 fully saturated rings. The molecule has 0 bridgehead atoms. The van der Waals surface area contributed by atoms with Gasteiger partial charge >= 0.3 is 6.09 Å². The first-order valence-corrected chi connectivity index (χ1v) is 17.5. The summed E-state index contributed by atoms with van der Waals surface area (Å²) in [7, 11) is 1.63. The van der Waals surface area contributed by atoms with Crippen molar-refractivity contribution < 1.29 is 33.4 Å². The Kier molecular flexibility index (Phi) is 10.6. The van der Waals surface area contributed by atoms with E-state index in [1.807, 2.05) is 50.2 Å². The number of ether oxygens (including phenoxy) is 3. The fourth-order valence-electron chi connectivity index (χ4n) is 6.64. The summed E-state index contributed by atoms with van der Waals surface area (Å²) in [4.78, 5) is 60.4. The van der Waals surface area contributed by atoms with Crippen molar-refractivity contribution in [2.45, 2.75) is 97.8 Å². The summed E-state index contributed by atoms with van der Waals surface area (Å²) in [6, 6.07) is 11.5. The highest BCUT2D eigenvalue weighted by atomic mass is 16.6. The van der Waals surface area contributed by atoms with Gasteiger partial charge in [-0.3, -0.25) is 14.4 Å². The van der Waals surface area contributed by atoms with Crippen LogP contribution in [0.4, 0.5) is 21.9 Å². The maximum atomic E-state index is 14.6. The zero-order chi connectivity index (χ0) is 35.7. The summed E-state index contributed by atoms with van der Waals surface area (Å²) in [5, 5.41) is 3.10. The SMILES string of the molecule is CCc1ccc(C)cc1NC(=O)[C@H]1C[C@@H](C(=O)N(c2ccc3c(c2)N(CCCOC)C(=O)C(C)(C)O3)C2CC2)CN(C(=O)OC(C)(C)C)C1. The summed E-state index contributed by atoms with van der Waals surface area (Å²) in [6.45, 7) is 14.1. The minimum atomic E-state index is -1.03. The second-order valence-electron chi connectivity index (χ2n) is 15.0.